The molecule has 216 valence electrons. The zero-order valence-electron chi connectivity index (χ0n) is 25.0. The normalized spacial score (nSPS) is 17.3. The highest BCUT2D eigenvalue weighted by Gasteiger charge is 2.51. The van der Waals surface area contributed by atoms with Crippen LogP contribution in [0.25, 0.3) is 0 Å². The van der Waals surface area contributed by atoms with Crippen LogP contribution in [0.5, 0.6) is 23.0 Å². The molecule has 3 rings (SSSR count). The van der Waals surface area contributed by atoms with Gasteiger partial charge in [0, 0.05) is 12.6 Å². The van der Waals surface area contributed by atoms with Gasteiger partial charge in [-0.1, -0.05) is 26.8 Å². The number of methoxy groups -OCH3 is 4. The van der Waals surface area contributed by atoms with E-state index in [4.69, 9.17) is 18.9 Å². The number of ether oxygens (including phenoxy) is 4. The molecule has 0 fully saturated rings. The van der Waals surface area contributed by atoms with E-state index in [9.17, 15) is 9.90 Å². The van der Waals surface area contributed by atoms with Crippen LogP contribution in [0.2, 0.25) is 0 Å². The Morgan fingerprint density at radius 1 is 0.949 bits per heavy atom. The summed E-state index contributed by atoms with van der Waals surface area (Å²) in [6.45, 7) is 7.89. The van der Waals surface area contributed by atoms with Gasteiger partial charge in [0.1, 0.15) is 11.5 Å². The first-order chi connectivity index (χ1) is 18.6. The van der Waals surface area contributed by atoms with Crippen LogP contribution in [0.4, 0.5) is 0 Å². The number of carboxylic acid groups (broad SMARTS) is 1. The van der Waals surface area contributed by atoms with E-state index in [1.807, 2.05) is 18.2 Å². The first-order valence-corrected chi connectivity index (χ1v) is 14.0. The zero-order valence-corrected chi connectivity index (χ0v) is 25.0. The van der Waals surface area contributed by atoms with Gasteiger partial charge in [0.05, 0.1) is 33.9 Å². The number of benzene rings is 2. The van der Waals surface area contributed by atoms with Crippen LogP contribution in [0.3, 0.4) is 0 Å². The van der Waals surface area contributed by atoms with Crippen LogP contribution < -0.4 is 18.9 Å². The minimum absolute atomic E-state index is 0.0338. The van der Waals surface area contributed by atoms with Crippen molar-refractivity contribution >= 4 is 5.97 Å². The predicted molar refractivity (Wildman–Crippen MR) is 154 cm³/mol. The van der Waals surface area contributed by atoms with Crippen LogP contribution in [0.15, 0.2) is 30.3 Å². The van der Waals surface area contributed by atoms with Gasteiger partial charge in [0.15, 0.2) is 11.5 Å². The van der Waals surface area contributed by atoms with E-state index < -0.39 is 11.4 Å². The van der Waals surface area contributed by atoms with Gasteiger partial charge in [0.25, 0.3) is 0 Å². The maximum Gasteiger partial charge on any atom is 0.310 e. The van der Waals surface area contributed by atoms with E-state index in [-0.39, 0.29) is 17.8 Å². The minimum atomic E-state index is -0.815. The molecule has 0 saturated carbocycles. The predicted octanol–water partition coefficient (Wildman–Crippen LogP) is 5.75. The summed E-state index contributed by atoms with van der Waals surface area (Å²) >= 11 is 0. The Bertz CT molecular complexity index is 1120. The Labute approximate surface area is 234 Å². The fraction of sp³-hybridized carbons (Fsp3) is 0.594. The highest BCUT2D eigenvalue weighted by atomic mass is 16.5. The summed E-state index contributed by atoms with van der Waals surface area (Å²) in [6, 6.07) is 10.0. The summed E-state index contributed by atoms with van der Waals surface area (Å²) < 4.78 is 22.0. The molecule has 1 N–H and O–H groups in total. The Balaban J connectivity index is 1.80. The topological polar surface area (TPSA) is 77.5 Å². The largest absolute Gasteiger partial charge is 0.497 e. The zero-order chi connectivity index (χ0) is 28.7. The van der Waals surface area contributed by atoms with E-state index >= 15 is 0 Å². The van der Waals surface area contributed by atoms with Crippen molar-refractivity contribution in [3.05, 3.63) is 47.0 Å². The average Bonchev–Trinajstić information content (AvgIpc) is 2.94. The molecule has 0 bridgehead atoms. The molecule has 0 saturated heterocycles. The number of aliphatic carboxylic acids is 1. The molecule has 0 aromatic heterocycles. The molecule has 1 aliphatic carbocycles. The molecule has 1 aliphatic rings. The quantitative estimate of drug-likeness (QED) is 0.326. The van der Waals surface area contributed by atoms with E-state index in [2.05, 4.69) is 44.9 Å². The standard InChI is InChI=1S/C32H47NO6/c1-21(2)22(3)32(31(34)35,26-11-9-23-10-12-27(36-5)18-25(23)17-26)14-16-33(4)15-13-24-19-29(38-7)30(39-8)20-28(24)37-6/h10,12,18-22,26H,9,11,13-17H2,1-8H3,(H,34,35)/t22?,26-,32?/m1/s1. The number of nitrogens with zero attached hydrogens (tertiary/aromatic N) is 1. The summed E-state index contributed by atoms with van der Waals surface area (Å²) in [5.41, 5.74) is 2.75. The van der Waals surface area contributed by atoms with Gasteiger partial charge < -0.3 is 29.0 Å². The Kier molecular flexibility index (Phi) is 10.5. The first-order valence-electron chi connectivity index (χ1n) is 14.0. The molecule has 3 atom stereocenters. The van der Waals surface area contributed by atoms with Crippen molar-refractivity contribution in [1.29, 1.82) is 0 Å². The maximum absolute atomic E-state index is 13.2. The second-order valence-corrected chi connectivity index (χ2v) is 11.3. The number of carboxylic acids is 1. The highest BCUT2D eigenvalue weighted by Crippen LogP contribution is 2.49. The smallest absolute Gasteiger partial charge is 0.310 e. The fourth-order valence-electron chi connectivity index (χ4n) is 6.26. The van der Waals surface area contributed by atoms with Gasteiger partial charge in [-0.2, -0.15) is 0 Å². The summed E-state index contributed by atoms with van der Waals surface area (Å²) in [7, 11) is 8.64. The molecule has 7 heteroatoms. The van der Waals surface area contributed by atoms with Gasteiger partial charge in [-0.3, -0.25) is 4.79 Å². The molecule has 7 nitrogen and oxygen atoms in total. The van der Waals surface area contributed by atoms with Gasteiger partial charge in [-0.25, -0.2) is 0 Å². The van der Waals surface area contributed by atoms with Crippen molar-refractivity contribution < 1.29 is 28.8 Å². The third-order valence-corrected chi connectivity index (χ3v) is 9.04. The van der Waals surface area contributed by atoms with Crippen molar-refractivity contribution in [2.24, 2.45) is 23.2 Å². The van der Waals surface area contributed by atoms with Gasteiger partial charge in [-0.05, 0) is 98.3 Å². The molecule has 2 aromatic rings. The van der Waals surface area contributed by atoms with Crippen molar-refractivity contribution in [2.75, 3.05) is 48.6 Å². The lowest BCUT2D eigenvalue weighted by Gasteiger charge is -2.46. The second kappa shape index (κ2) is 13.4. The lowest BCUT2D eigenvalue weighted by Crippen LogP contribution is -2.49. The van der Waals surface area contributed by atoms with Crippen LogP contribution in [-0.4, -0.2) is 64.6 Å². The molecule has 0 radical (unpaired) electrons. The summed E-state index contributed by atoms with van der Waals surface area (Å²) in [5.74, 6) is 2.57. The number of likely N-dealkylation sites (N-methyl/N-ethyl adjacent to an activating group) is 1. The van der Waals surface area contributed by atoms with Gasteiger partial charge in [0.2, 0.25) is 0 Å². The molecule has 0 aliphatic heterocycles. The molecule has 0 spiro atoms. The fourth-order valence-corrected chi connectivity index (χ4v) is 6.26. The number of aryl methyl sites for hydroxylation is 1. The third-order valence-electron chi connectivity index (χ3n) is 9.04. The average molecular weight is 542 g/mol. The summed E-state index contributed by atoms with van der Waals surface area (Å²) in [5, 5.41) is 10.9. The Morgan fingerprint density at radius 2 is 1.62 bits per heavy atom. The maximum atomic E-state index is 13.2. The van der Waals surface area contributed by atoms with Crippen molar-refractivity contribution in [1.82, 2.24) is 4.90 Å². The number of fused-ring (bicyclic) bond motifs is 1. The van der Waals surface area contributed by atoms with Crippen molar-refractivity contribution in [3.63, 3.8) is 0 Å². The van der Waals surface area contributed by atoms with Crippen LogP contribution >= 0.6 is 0 Å². The summed E-state index contributed by atoms with van der Waals surface area (Å²) in [6.07, 6.45) is 3.90. The van der Waals surface area contributed by atoms with E-state index in [0.29, 0.717) is 24.5 Å². The van der Waals surface area contributed by atoms with Crippen molar-refractivity contribution in [3.8, 4) is 23.0 Å². The molecular formula is C32H47NO6. The molecule has 0 amide bonds. The van der Waals surface area contributed by atoms with Crippen molar-refractivity contribution in [2.45, 2.75) is 52.9 Å². The SMILES string of the molecule is COc1ccc2c(c1)C[C@H](C(CCN(C)CCc1cc(OC)c(OC)cc1OC)(C(=O)O)C(C)C(C)C)CC2. The number of rotatable bonds is 14. The lowest BCUT2D eigenvalue weighted by molar-refractivity contribution is -0.160. The number of carbonyl (C=O) groups is 1. The van der Waals surface area contributed by atoms with Crippen LogP contribution in [-0.2, 0) is 24.1 Å². The lowest BCUT2D eigenvalue weighted by atomic mass is 9.57. The highest BCUT2D eigenvalue weighted by molar-refractivity contribution is 5.76. The van der Waals surface area contributed by atoms with Gasteiger partial charge in [-0.15, -0.1) is 0 Å². The van der Waals surface area contributed by atoms with E-state index in [1.165, 1.54) is 11.1 Å². The third kappa shape index (κ3) is 6.63. The molecule has 2 aromatic carbocycles. The van der Waals surface area contributed by atoms with Crippen LogP contribution in [0.1, 0.15) is 50.3 Å². The Hall–Kier alpha value is -2.93. The number of hydrogen-bond acceptors (Lipinski definition) is 6. The van der Waals surface area contributed by atoms with E-state index in [0.717, 1.165) is 49.3 Å². The van der Waals surface area contributed by atoms with Gasteiger partial charge >= 0.3 is 5.97 Å². The summed E-state index contributed by atoms with van der Waals surface area (Å²) in [4.78, 5) is 15.5. The van der Waals surface area contributed by atoms with Crippen LogP contribution in [0, 0.1) is 23.2 Å². The van der Waals surface area contributed by atoms with E-state index in [1.54, 1.807) is 28.4 Å². The monoisotopic (exact) mass is 541 g/mol. The Morgan fingerprint density at radius 3 is 2.21 bits per heavy atom. The minimum Gasteiger partial charge on any atom is -0.497 e. The molecule has 2 unspecified atom stereocenters. The molecule has 39 heavy (non-hydrogen) atoms. The molecule has 0 heterocycles. The second-order valence-electron chi connectivity index (χ2n) is 11.3. The molecular weight excluding hydrogens is 494 g/mol. The first kappa shape index (κ1) is 30.6. The number of hydrogen-bond donors (Lipinski definition) is 1.